The Kier molecular flexibility index (Phi) is 9.62. The number of aliphatic hydroxyl groups excluding tert-OH is 1. The standard InChI is InChI=1S/C15H32O4/c1-7-8-15(5,6)19-14(4)11-18-13(3)10-17-12(2)9-16/h12-14,16H,7-11H2,1-6H3. The Balaban J connectivity index is 3.80. The van der Waals surface area contributed by atoms with Crippen LogP contribution in [0, 0.1) is 0 Å². The zero-order chi connectivity index (χ0) is 14.9. The van der Waals surface area contributed by atoms with Crippen LogP contribution >= 0.6 is 0 Å². The van der Waals surface area contributed by atoms with E-state index in [1.54, 1.807) is 0 Å². The Bertz CT molecular complexity index is 218. The molecule has 0 heterocycles. The van der Waals surface area contributed by atoms with Crippen molar-refractivity contribution in [2.24, 2.45) is 0 Å². The van der Waals surface area contributed by atoms with Crippen LogP contribution in [-0.2, 0) is 14.2 Å². The molecule has 19 heavy (non-hydrogen) atoms. The summed E-state index contributed by atoms with van der Waals surface area (Å²) in [5, 5.41) is 8.86. The number of rotatable bonds is 11. The topological polar surface area (TPSA) is 47.9 Å². The van der Waals surface area contributed by atoms with E-state index in [0.717, 1.165) is 12.8 Å². The van der Waals surface area contributed by atoms with Gasteiger partial charge in [-0.15, -0.1) is 0 Å². The summed E-state index contributed by atoms with van der Waals surface area (Å²) in [5.41, 5.74) is -0.0946. The molecule has 0 amide bonds. The molecule has 0 aliphatic carbocycles. The fourth-order valence-electron chi connectivity index (χ4n) is 1.94. The molecule has 0 radical (unpaired) electrons. The molecule has 0 aromatic rings. The summed E-state index contributed by atoms with van der Waals surface area (Å²) in [4.78, 5) is 0. The van der Waals surface area contributed by atoms with Crippen molar-refractivity contribution in [1.82, 2.24) is 0 Å². The molecule has 4 nitrogen and oxygen atoms in total. The molecule has 0 aliphatic heterocycles. The van der Waals surface area contributed by atoms with Gasteiger partial charge in [-0.1, -0.05) is 13.3 Å². The number of hydrogen-bond acceptors (Lipinski definition) is 4. The molecule has 116 valence electrons. The largest absolute Gasteiger partial charge is 0.394 e. The van der Waals surface area contributed by atoms with Gasteiger partial charge in [-0.2, -0.15) is 0 Å². The SMILES string of the molecule is CCCC(C)(C)OC(C)COC(C)COC(C)CO. The molecule has 0 aromatic carbocycles. The summed E-state index contributed by atoms with van der Waals surface area (Å²) in [5.74, 6) is 0. The van der Waals surface area contributed by atoms with E-state index in [1.807, 2.05) is 20.8 Å². The summed E-state index contributed by atoms with van der Waals surface area (Å²) in [7, 11) is 0. The molecule has 3 unspecified atom stereocenters. The van der Waals surface area contributed by atoms with Gasteiger partial charge in [0.25, 0.3) is 0 Å². The van der Waals surface area contributed by atoms with Crippen LogP contribution in [0.2, 0.25) is 0 Å². The van der Waals surface area contributed by atoms with E-state index in [-0.39, 0.29) is 30.5 Å². The second-order valence-corrected chi connectivity index (χ2v) is 5.91. The van der Waals surface area contributed by atoms with Gasteiger partial charge in [0.05, 0.1) is 43.7 Å². The smallest absolute Gasteiger partial charge is 0.0787 e. The lowest BCUT2D eigenvalue weighted by atomic mass is 10.0. The van der Waals surface area contributed by atoms with Gasteiger partial charge >= 0.3 is 0 Å². The van der Waals surface area contributed by atoms with Gasteiger partial charge in [0, 0.05) is 0 Å². The fraction of sp³-hybridized carbons (Fsp3) is 1.00. The summed E-state index contributed by atoms with van der Waals surface area (Å²) in [6, 6.07) is 0. The van der Waals surface area contributed by atoms with Gasteiger partial charge in [-0.05, 0) is 41.0 Å². The van der Waals surface area contributed by atoms with Crippen molar-refractivity contribution < 1.29 is 19.3 Å². The molecule has 0 aliphatic rings. The van der Waals surface area contributed by atoms with E-state index in [1.165, 1.54) is 0 Å². The van der Waals surface area contributed by atoms with E-state index < -0.39 is 0 Å². The lowest BCUT2D eigenvalue weighted by Crippen LogP contribution is -2.33. The summed E-state index contributed by atoms with van der Waals surface area (Å²) in [6.45, 7) is 13.3. The van der Waals surface area contributed by atoms with Crippen molar-refractivity contribution in [2.75, 3.05) is 19.8 Å². The molecule has 0 fully saturated rings. The third-order valence-electron chi connectivity index (χ3n) is 2.86. The van der Waals surface area contributed by atoms with Crippen molar-refractivity contribution in [2.45, 2.75) is 78.3 Å². The summed E-state index contributed by atoms with van der Waals surface area (Å²) in [6.07, 6.45) is 2.10. The first kappa shape index (κ1) is 18.8. The van der Waals surface area contributed by atoms with Crippen LogP contribution in [0.3, 0.4) is 0 Å². The Morgan fingerprint density at radius 3 is 2.00 bits per heavy atom. The van der Waals surface area contributed by atoms with Gasteiger partial charge < -0.3 is 19.3 Å². The molecular formula is C15H32O4. The molecule has 0 saturated carbocycles. The monoisotopic (exact) mass is 276 g/mol. The number of aliphatic hydroxyl groups is 1. The molecule has 0 saturated heterocycles. The normalized spacial score (nSPS) is 17.2. The zero-order valence-electron chi connectivity index (χ0n) is 13.4. The molecular weight excluding hydrogens is 244 g/mol. The molecule has 0 bridgehead atoms. The van der Waals surface area contributed by atoms with E-state index in [4.69, 9.17) is 19.3 Å². The van der Waals surface area contributed by atoms with Crippen LogP contribution in [0.1, 0.15) is 54.4 Å². The minimum Gasteiger partial charge on any atom is -0.394 e. The third kappa shape index (κ3) is 10.3. The Labute approximate surface area is 118 Å². The van der Waals surface area contributed by atoms with Gasteiger partial charge in [0.15, 0.2) is 0 Å². The first-order valence-electron chi connectivity index (χ1n) is 7.32. The van der Waals surface area contributed by atoms with Crippen molar-refractivity contribution in [1.29, 1.82) is 0 Å². The predicted octanol–water partition coefficient (Wildman–Crippen LogP) is 2.77. The molecule has 3 atom stereocenters. The number of ether oxygens (including phenoxy) is 3. The third-order valence-corrected chi connectivity index (χ3v) is 2.86. The van der Waals surface area contributed by atoms with Crippen LogP contribution in [-0.4, -0.2) is 48.8 Å². The molecule has 0 spiro atoms. The maximum absolute atomic E-state index is 8.86. The van der Waals surface area contributed by atoms with Crippen molar-refractivity contribution in [3.8, 4) is 0 Å². The Morgan fingerprint density at radius 1 is 0.947 bits per heavy atom. The lowest BCUT2D eigenvalue weighted by Gasteiger charge is -2.29. The second kappa shape index (κ2) is 9.70. The van der Waals surface area contributed by atoms with Gasteiger partial charge in [-0.25, -0.2) is 0 Å². The van der Waals surface area contributed by atoms with Crippen molar-refractivity contribution in [3.63, 3.8) is 0 Å². The molecule has 4 heteroatoms. The molecule has 0 rings (SSSR count). The quantitative estimate of drug-likeness (QED) is 0.630. The predicted molar refractivity (Wildman–Crippen MR) is 77.4 cm³/mol. The highest BCUT2D eigenvalue weighted by molar-refractivity contribution is 4.69. The van der Waals surface area contributed by atoms with Gasteiger partial charge in [0.1, 0.15) is 0 Å². The maximum atomic E-state index is 8.86. The highest BCUT2D eigenvalue weighted by Gasteiger charge is 2.21. The average molecular weight is 276 g/mol. The Morgan fingerprint density at radius 2 is 1.47 bits per heavy atom. The van der Waals surface area contributed by atoms with E-state index in [0.29, 0.717) is 13.2 Å². The van der Waals surface area contributed by atoms with E-state index in [9.17, 15) is 0 Å². The fourth-order valence-corrected chi connectivity index (χ4v) is 1.94. The molecule has 0 aromatic heterocycles. The van der Waals surface area contributed by atoms with Crippen LogP contribution in [0.15, 0.2) is 0 Å². The highest BCUT2D eigenvalue weighted by Crippen LogP contribution is 2.18. The second-order valence-electron chi connectivity index (χ2n) is 5.91. The highest BCUT2D eigenvalue weighted by atomic mass is 16.6. The van der Waals surface area contributed by atoms with Crippen LogP contribution in [0.5, 0.6) is 0 Å². The Hall–Kier alpha value is -0.160. The van der Waals surface area contributed by atoms with Gasteiger partial charge in [0.2, 0.25) is 0 Å². The van der Waals surface area contributed by atoms with Crippen molar-refractivity contribution in [3.05, 3.63) is 0 Å². The molecule has 1 N–H and O–H groups in total. The minimum atomic E-state index is -0.136. The first-order chi connectivity index (χ1) is 8.80. The van der Waals surface area contributed by atoms with E-state index in [2.05, 4.69) is 20.8 Å². The number of hydrogen-bond donors (Lipinski definition) is 1. The minimum absolute atomic E-state index is 0.00865. The lowest BCUT2D eigenvalue weighted by molar-refractivity contribution is -0.118. The average Bonchev–Trinajstić information content (AvgIpc) is 2.32. The first-order valence-corrected chi connectivity index (χ1v) is 7.32. The zero-order valence-corrected chi connectivity index (χ0v) is 13.4. The van der Waals surface area contributed by atoms with Crippen LogP contribution in [0.25, 0.3) is 0 Å². The van der Waals surface area contributed by atoms with Crippen LogP contribution < -0.4 is 0 Å². The van der Waals surface area contributed by atoms with Crippen molar-refractivity contribution >= 4 is 0 Å². The van der Waals surface area contributed by atoms with E-state index >= 15 is 0 Å². The maximum Gasteiger partial charge on any atom is 0.0787 e. The summed E-state index contributed by atoms with van der Waals surface area (Å²) >= 11 is 0. The summed E-state index contributed by atoms with van der Waals surface area (Å²) < 4.78 is 17.1. The van der Waals surface area contributed by atoms with Crippen LogP contribution in [0.4, 0.5) is 0 Å². The van der Waals surface area contributed by atoms with Gasteiger partial charge in [-0.3, -0.25) is 0 Å².